The van der Waals surface area contributed by atoms with E-state index < -0.39 is 0 Å². The summed E-state index contributed by atoms with van der Waals surface area (Å²) < 4.78 is 9.56. The minimum atomic E-state index is 0.0306. The van der Waals surface area contributed by atoms with Crippen molar-refractivity contribution in [3.63, 3.8) is 0 Å². The van der Waals surface area contributed by atoms with Crippen LogP contribution in [0.2, 0.25) is 0 Å². The molecule has 2 rings (SSSR count). The molecular formula is C11H15N3OS. The smallest absolute Gasteiger partial charge is 0.128 e. The van der Waals surface area contributed by atoms with Gasteiger partial charge in [0.2, 0.25) is 0 Å². The molecule has 0 unspecified atom stereocenters. The number of rotatable bonds is 2. The molecule has 0 radical (unpaired) electrons. The molecule has 16 heavy (non-hydrogen) atoms. The van der Waals surface area contributed by atoms with Crippen LogP contribution in [0.25, 0.3) is 0 Å². The molecule has 1 N–H and O–H groups in total. The summed E-state index contributed by atoms with van der Waals surface area (Å²) in [7, 11) is 0. The Balaban J connectivity index is 2.17. The fourth-order valence-corrected chi connectivity index (χ4v) is 2.70. The third kappa shape index (κ3) is 2.18. The second-order valence-corrected chi connectivity index (χ2v) is 5.16. The first-order valence-corrected chi connectivity index (χ1v) is 6.14. The van der Waals surface area contributed by atoms with Crippen LogP contribution in [0.3, 0.4) is 0 Å². The Kier molecular flexibility index (Phi) is 3.13. The molecule has 0 spiro atoms. The van der Waals surface area contributed by atoms with Crippen molar-refractivity contribution >= 4 is 16.5 Å². The van der Waals surface area contributed by atoms with Crippen LogP contribution in [0.5, 0.6) is 0 Å². The zero-order chi connectivity index (χ0) is 11.6. The van der Waals surface area contributed by atoms with Crippen molar-refractivity contribution in [1.82, 2.24) is 4.37 Å². The molecule has 4 nitrogen and oxygen atoms in total. The summed E-state index contributed by atoms with van der Waals surface area (Å²) in [5.41, 5.74) is 1.52. The molecular weight excluding hydrogens is 222 g/mol. The Morgan fingerprint density at radius 2 is 2.19 bits per heavy atom. The van der Waals surface area contributed by atoms with Crippen molar-refractivity contribution in [1.29, 1.82) is 5.26 Å². The molecule has 1 aliphatic rings. The Hall–Kier alpha value is -1.12. The number of aromatic nitrogens is 1. The molecule has 1 fully saturated rings. The van der Waals surface area contributed by atoms with E-state index >= 15 is 0 Å². The average molecular weight is 237 g/mol. The monoisotopic (exact) mass is 237 g/mol. The lowest BCUT2D eigenvalue weighted by Gasteiger charge is -2.34. The highest BCUT2D eigenvalue weighted by molar-refractivity contribution is 7.10. The van der Waals surface area contributed by atoms with Gasteiger partial charge in [0.25, 0.3) is 0 Å². The third-order valence-electron chi connectivity index (χ3n) is 2.99. The van der Waals surface area contributed by atoms with Gasteiger partial charge in [0.15, 0.2) is 0 Å². The largest absolute Gasteiger partial charge is 0.381 e. The lowest BCUT2D eigenvalue weighted by Crippen LogP contribution is -2.40. The van der Waals surface area contributed by atoms with E-state index in [-0.39, 0.29) is 5.54 Å². The van der Waals surface area contributed by atoms with Crippen molar-refractivity contribution in [2.75, 3.05) is 18.5 Å². The van der Waals surface area contributed by atoms with Gasteiger partial charge in [-0.15, -0.1) is 0 Å². The van der Waals surface area contributed by atoms with Crippen LogP contribution in [-0.2, 0) is 4.74 Å². The van der Waals surface area contributed by atoms with E-state index in [2.05, 4.69) is 22.7 Å². The van der Waals surface area contributed by atoms with Crippen LogP contribution < -0.4 is 5.32 Å². The zero-order valence-corrected chi connectivity index (χ0v) is 10.4. The highest BCUT2D eigenvalue weighted by Crippen LogP contribution is 2.31. The summed E-state index contributed by atoms with van der Waals surface area (Å²) in [6.07, 6.45) is 1.93. The molecule has 86 valence electrons. The first kappa shape index (κ1) is 11.4. The summed E-state index contributed by atoms with van der Waals surface area (Å²) in [5, 5.41) is 13.4. The van der Waals surface area contributed by atoms with E-state index in [4.69, 9.17) is 10.00 Å². The second-order valence-electron chi connectivity index (χ2n) is 4.38. The summed E-state index contributed by atoms with van der Waals surface area (Å²) in [6, 6.07) is 2.20. The molecule has 0 atom stereocenters. The molecule has 0 amide bonds. The quantitative estimate of drug-likeness (QED) is 0.857. The van der Waals surface area contributed by atoms with Gasteiger partial charge in [-0.3, -0.25) is 0 Å². The highest BCUT2D eigenvalue weighted by atomic mass is 32.1. The van der Waals surface area contributed by atoms with Gasteiger partial charge >= 0.3 is 0 Å². The summed E-state index contributed by atoms with van der Waals surface area (Å²) >= 11 is 1.37. The Morgan fingerprint density at radius 1 is 1.50 bits per heavy atom. The maximum atomic E-state index is 9.05. The van der Waals surface area contributed by atoms with Crippen LogP contribution in [0, 0.1) is 18.3 Å². The van der Waals surface area contributed by atoms with E-state index in [1.807, 2.05) is 6.92 Å². The number of nitrogens with one attached hydrogen (secondary N) is 1. The standard InChI is InChI=1S/C11H15N3OS/c1-8-9(7-12)10(16-14-8)13-11(2)3-5-15-6-4-11/h13H,3-6H2,1-2H3. The first-order chi connectivity index (χ1) is 7.64. The number of hydrogen-bond acceptors (Lipinski definition) is 5. The van der Waals surface area contributed by atoms with Crippen LogP contribution in [0.1, 0.15) is 31.0 Å². The molecule has 1 aromatic rings. The van der Waals surface area contributed by atoms with E-state index in [0.717, 1.165) is 36.8 Å². The molecule has 0 bridgehead atoms. The average Bonchev–Trinajstić information content (AvgIpc) is 2.59. The minimum Gasteiger partial charge on any atom is -0.381 e. The van der Waals surface area contributed by atoms with Gasteiger partial charge in [0.05, 0.1) is 5.69 Å². The Morgan fingerprint density at radius 3 is 2.81 bits per heavy atom. The third-order valence-corrected chi connectivity index (χ3v) is 3.84. The van der Waals surface area contributed by atoms with E-state index in [1.165, 1.54) is 11.5 Å². The number of ether oxygens (including phenoxy) is 1. The molecule has 1 saturated heterocycles. The number of nitrogens with zero attached hydrogens (tertiary/aromatic N) is 2. The maximum Gasteiger partial charge on any atom is 0.128 e. The van der Waals surface area contributed by atoms with Gasteiger partial charge in [-0.25, -0.2) is 0 Å². The normalized spacial score (nSPS) is 19.1. The van der Waals surface area contributed by atoms with Crippen molar-refractivity contribution in [3.8, 4) is 6.07 Å². The van der Waals surface area contributed by atoms with E-state index in [0.29, 0.717) is 5.56 Å². The molecule has 5 heteroatoms. The first-order valence-electron chi connectivity index (χ1n) is 5.37. The summed E-state index contributed by atoms with van der Waals surface area (Å²) in [4.78, 5) is 0. The molecule has 0 aliphatic carbocycles. The summed E-state index contributed by atoms with van der Waals surface area (Å²) in [6.45, 7) is 5.60. The maximum absolute atomic E-state index is 9.05. The highest BCUT2D eigenvalue weighted by Gasteiger charge is 2.28. The topological polar surface area (TPSA) is 57.9 Å². The van der Waals surface area contributed by atoms with Crippen LogP contribution in [0.4, 0.5) is 5.00 Å². The van der Waals surface area contributed by atoms with E-state index in [9.17, 15) is 0 Å². The fraction of sp³-hybridized carbons (Fsp3) is 0.636. The lowest BCUT2D eigenvalue weighted by molar-refractivity contribution is 0.0659. The van der Waals surface area contributed by atoms with Crippen molar-refractivity contribution < 1.29 is 4.74 Å². The predicted octanol–water partition coefficient (Wildman–Crippen LogP) is 2.30. The fourth-order valence-electron chi connectivity index (χ4n) is 1.81. The number of anilines is 1. The van der Waals surface area contributed by atoms with Crippen LogP contribution in [-0.4, -0.2) is 23.1 Å². The van der Waals surface area contributed by atoms with Crippen LogP contribution in [0.15, 0.2) is 0 Å². The SMILES string of the molecule is Cc1nsc(NC2(C)CCOCC2)c1C#N. The van der Waals surface area contributed by atoms with Crippen molar-refractivity contribution in [2.24, 2.45) is 0 Å². The van der Waals surface area contributed by atoms with Gasteiger partial charge < -0.3 is 10.1 Å². The molecule has 2 heterocycles. The minimum absolute atomic E-state index is 0.0306. The van der Waals surface area contributed by atoms with Gasteiger partial charge in [-0.2, -0.15) is 9.64 Å². The Bertz CT molecular complexity index is 415. The number of aryl methyl sites for hydroxylation is 1. The molecule has 0 aromatic carbocycles. The van der Waals surface area contributed by atoms with Gasteiger partial charge in [-0.1, -0.05) is 0 Å². The van der Waals surface area contributed by atoms with Gasteiger partial charge in [0.1, 0.15) is 16.6 Å². The number of hydrogen-bond donors (Lipinski definition) is 1. The van der Waals surface area contributed by atoms with Crippen molar-refractivity contribution in [3.05, 3.63) is 11.3 Å². The molecule has 1 aromatic heterocycles. The number of nitriles is 1. The lowest BCUT2D eigenvalue weighted by atomic mass is 9.92. The van der Waals surface area contributed by atoms with Crippen molar-refractivity contribution in [2.45, 2.75) is 32.2 Å². The Labute approximate surface area is 99.4 Å². The second kappa shape index (κ2) is 4.40. The van der Waals surface area contributed by atoms with Crippen LogP contribution >= 0.6 is 11.5 Å². The van der Waals surface area contributed by atoms with Gasteiger partial charge in [0, 0.05) is 18.8 Å². The van der Waals surface area contributed by atoms with Gasteiger partial charge in [-0.05, 0) is 38.2 Å². The molecule has 0 saturated carbocycles. The summed E-state index contributed by atoms with van der Waals surface area (Å²) in [5.74, 6) is 0. The zero-order valence-electron chi connectivity index (χ0n) is 9.54. The predicted molar refractivity (Wildman–Crippen MR) is 63.6 cm³/mol. The molecule has 1 aliphatic heterocycles. The van der Waals surface area contributed by atoms with E-state index in [1.54, 1.807) is 0 Å².